The molecule has 0 aliphatic heterocycles. The van der Waals surface area contributed by atoms with E-state index in [1.807, 2.05) is 32.4 Å². The fraction of sp³-hybridized carbons (Fsp3) is 0.500. The molecule has 7 heteroatoms. The van der Waals surface area contributed by atoms with Gasteiger partial charge in [0.2, 0.25) is 0 Å². The zero-order chi connectivity index (χ0) is 19.0. The van der Waals surface area contributed by atoms with Crippen molar-refractivity contribution in [3.8, 4) is 10.6 Å². The van der Waals surface area contributed by atoms with Gasteiger partial charge in [-0.25, -0.2) is 15.0 Å². The molecule has 1 N–H and O–H groups in total. The largest absolute Gasteiger partial charge is 0.396 e. The molecule has 0 amide bonds. The topological polar surface area (TPSA) is 71.8 Å². The number of aliphatic hydroxyl groups excluding tert-OH is 1. The fourth-order valence-corrected chi connectivity index (χ4v) is 5.62. The van der Waals surface area contributed by atoms with E-state index in [1.165, 1.54) is 12.8 Å². The first-order valence-corrected chi connectivity index (χ1v) is 11.3. The predicted molar refractivity (Wildman–Crippen MR) is 111 cm³/mol. The summed E-state index contributed by atoms with van der Waals surface area (Å²) in [5.41, 5.74) is 4.85. The Kier molecular flexibility index (Phi) is 5.18. The van der Waals surface area contributed by atoms with Crippen molar-refractivity contribution in [1.82, 2.24) is 19.9 Å². The molecular formula is C20H24N4OS2. The van der Waals surface area contributed by atoms with Crippen LogP contribution in [0.1, 0.15) is 42.8 Å². The van der Waals surface area contributed by atoms with E-state index in [1.54, 1.807) is 23.1 Å². The number of thiazole rings is 1. The molecule has 1 fully saturated rings. The van der Waals surface area contributed by atoms with E-state index >= 15 is 0 Å². The van der Waals surface area contributed by atoms with Gasteiger partial charge in [0.25, 0.3) is 0 Å². The summed E-state index contributed by atoms with van der Waals surface area (Å²) in [7, 11) is 0. The van der Waals surface area contributed by atoms with Gasteiger partial charge < -0.3 is 5.11 Å². The first-order chi connectivity index (χ1) is 13.0. The normalized spacial score (nSPS) is 16.3. The van der Waals surface area contributed by atoms with Crippen molar-refractivity contribution in [2.75, 3.05) is 12.9 Å². The quantitative estimate of drug-likeness (QED) is 0.499. The number of aliphatic hydroxyl groups is 1. The first kappa shape index (κ1) is 18.8. The minimum Gasteiger partial charge on any atom is -0.396 e. The van der Waals surface area contributed by atoms with E-state index in [0.29, 0.717) is 0 Å². The fourth-order valence-electron chi connectivity index (χ4n) is 4.06. The van der Waals surface area contributed by atoms with Crippen LogP contribution in [0.15, 0.2) is 17.4 Å². The van der Waals surface area contributed by atoms with Gasteiger partial charge in [0.15, 0.2) is 5.16 Å². The Labute approximate surface area is 167 Å². The van der Waals surface area contributed by atoms with Crippen LogP contribution in [-0.2, 0) is 6.42 Å². The Bertz CT molecular complexity index is 980. The molecule has 0 bridgehead atoms. The van der Waals surface area contributed by atoms with E-state index in [0.717, 1.165) is 62.3 Å². The number of aryl methyl sites for hydroxylation is 2. The molecular weight excluding hydrogens is 376 g/mol. The standard InChI is InChI=1S/C20H24N4OS2/c1-12-16(18-24-17-13(2)21-9-6-15(17)27-18)14(23-19(22-12)26-3)10-20(11-25)7-4-5-8-20/h6,9,25H,4-5,7-8,10-11H2,1-3H3. The summed E-state index contributed by atoms with van der Waals surface area (Å²) in [5, 5.41) is 11.9. The SMILES string of the molecule is CSc1nc(C)c(-c2nc3c(C)nccc3s2)c(CC2(CO)CCCC2)n1. The minimum absolute atomic E-state index is 0.0562. The van der Waals surface area contributed by atoms with Crippen LogP contribution in [0.5, 0.6) is 0 Å². The van der Waals surface area contributed by atoms with E-state index in [2.05, 4.69) is 9.97 Å². The number of pyridine rings is 1. The Hall–Kier alpha value is -1.57. The van der Waals surface area contributed by atoms with Crippen LogP contribution in [0.4, 0.5) is 0 Å². The van der Waals surface area contributed by atoms with Crippen molar-refractivity contribution < 1.29 is 5.11 Å². The summed E-state index contributed by atoms with van der Waals surface area (Å²) in [4.78, 5) is 18.8. The molecule has 1 aliphatic rings. The van der Waals surface area contributed by atoms with Crippen molar-refractivity contribution in [3.05, 3.63) is 29.3 Å². The third kappa shape index (κ3) is 3.48. The molecule has 1 aliphatic carbocycles. The highest BCUT2D eigenvalue weighted by molar-refractivity contribution is 7.98. The first-order valence-electron chi connectivity index (χ1n) is 9.30. The molecule has 142 valence electrons. The van der Waals surface area contributed by atoms with E-state index in [9.17, 15) is 5.11 Å². The molecule has 1 saturated carbocycles. The highest BCUT2D eigenvalue weighted by Crippen LogP contribution is 2.43. The highest BCUT2D eigenvalue weighted by atomic mass is 32.2. The van der Waals surface area contributed by atoms with Gasteiger partial charge in [-0.05, 0) is 50.8 Å². The van der Waals surface area contributed by atoms with E-state index < -0.39 is 0 Å². The molecule has 3 heterocycles. The summed E-state index contributed by atoms with van der Waals surface area (Å²) >= 11 is 3.23. The predicted octanol–water partition coefficient (Wildman–Crippen LogP) is 4.58. The molecule has 0 aromatic carbocycles. The van der Waals surface area contributed by atoms with Crippen molar-refractivity contribution >= 4 is 33.3 Å². The number of hydrogen-bond acceptors (Lipinski definition) is 7. The van der Waals surface area contributed by atoms with Gasteiger partial charge in [-0.15, -0.1) is 11.3 Å². The van der Waals surface area contributed by atoms with Crippen LogP contribution in [0.3, 0.4) is 0 Å². The van der Waals surface area contributed by atoms with Gasteiger partial charge in [-0.2, -0.15) is 0 Å². The van der Waals surface area contributed by atoms with Crippen LogP contribution in [0.25, 0.3) is 20.8 Å². The van der Waals surface area contributed by atoms with Gasteiger partial charge in [0, 0.05) is 12.8 Å². The number of thioether (sulfide) groups is 1. The third-order valence-corrected chi connectivity index (χ3v) is 7.16. The average Bonchev–Trinajstić information content (AvgIpc) is 3.29. The summed E-state index contributed by atoms with van der Waals surface area (Å²) in [6, 6.07) is 2.02. The minimum atomic E-state index is -0.0562. The van der Waals surface area contributed by atoms with E-state index in [4.69, 9.17) is 9.97 Å². The maximum atomic E-state index is 10.1. The van der Waals surface area contributed by atoms with Gasteiger partial charge in [0.1, 0.15) is 10.5 Å². The lowest BCUT2D eigenvalue weighted by atomic mass is 9.81. The van der Waals surface area contributed by atoms with Gasteiger partial charge in [-0.1, -0.05) is 24.6 Å². The molecule has 3 aromatic heterocycles. The molecule has 0 saturated heterocycles. The Morgan fingerprint density at radius 3 is 2.59 bits per heavy atom. The number of hydrogen-bond donors (Lipinski definition) is 1. The molecule has 3 aromatic rings. The smallest absolute Gasteiger partial charge is 0.187 e. The molecule has 0 radical (unpaired) electrons. The second-order valence-corrected chi connectivity index (χ2v) is 9.23. The maximum absolute atomic E-state index is 10.1. The Morgan fingerprint density at radius 1 is 1.15 bits per heavy atom. The monoisotopic (exact) mass is 400 g/mol. The molecule has 0 spiro atoms. The highest BCUT2D eigenvalue weighted by Gasteiger charge is 2.35. The van der Waals surface area contributed by atoms with Crippen LogP contribution >= 0.6 is 23.1 Å². The second kappa shape index (κ2) is 7.45. The van der Waals surface area contributed by atoms with Gasteiger partial charge >= 0.3 is 0 Å². The van der Waals surface area contributed by atoms with Gasteiger partial charge in [-0.3, -0.25) is 4.98 Å². The lowest BCUT2D eigenvalue weighted by molar-refractivity contribution is 0.129. The molecule has 27 heavy (non-hydrogen) atoms. The molecule has 0 atom stereocenters. The second-order valence-electron chi connectivity index (χ2n) is 7.42. The Morgan fingerprint density at radius 2 is 1.93 bits per heavy atom. The number of fused-ring (bicyclic) bond motifs is 1. The van der Waals surface area contributed by atoms with Crippen LogP contribution in [0, 0.1) is 19.3 Å². The lowest BCUT2D eigenvalue weighted by Crippen LogP contribution is -2.25. The molecule has 0 unspecified atom stereocenters. The molecule has 5 nitrogen and oxygen atoms in total. The summed E-state index contributed by atoms with van der Waals surface area (Å²) in [5.74, 6) is 0. The van der Waals surface area contributed by atoms with E-state index in [-0.39, 0.29) is 12.0 Å². The summed E-state index contributed by atoms with van der Waals surface area (Å²) < 4.78 is 1.13. The van der Waals surface area contributed by atoms with Crippen molar-refractivity contribution in [1.29, 1.82) is 0 Å². The van der Waals surface area contributed by atoms with Crippen LogP contribution in [-0.4, -0.2) is 37.9 Å². The number of nitrogens with zero attached hydrogens (tertiary/aromatic N) is 4. The van der Waals surface area contributed by atoms with Gasteiger partial charge in [0.05, 0.1) is 27.3 Å². The third-order valence-electron chi connectivity index (χ3n) is 5.57. The zero-order valence-corrected chi connectivity index (χ0v) is 17.6. The maximum Gasteiger partial charge on any atom is 0.187 e. The average molecular weight is 401 g/mol. The lowest BCUT2D eigenvalue weighted by Gasteiger charge is -2.27. The van der Waals surface area contributed by atoms with Crippen LogP contribution < -0.4 is 0 Å². The zero-order valence-electron chi connectivity index (χ0n) is 15.9. The summed E-state index contributed by atoms with van der Waals surface area (Å²) in [6.07, 6.45) is 9.10. The Balaban J connectivity index is 1.86. The van der Waals surface area contributed by atoms with Crippen LogP contribution in [0.2, 0.25) is 0 Å². The summed E-state index contributed by atoms with van der Waals surface area (Å²) in [6.45, 7) is 4.25. The number of aromatic nitrogens is 4. The van der Waals surface area contributed by atoms with Crippen molar-refractivity contribution in [3.63, 3.8) is 0 Å². The van der Waals surface area contributed by atoms with Crippen molar-refractivity contribution in [2.45, 2.75) is 51.1 Å². The van der Waals surface area contributed by atoms with Crippen molar-refractivity contribution in [2.24, 2.45) is 5.41 Å². The molecule has 4 rings (SSSR count). The number of rotatable bonds is 5.